The number of fused-ring (bicyclic) bond motifs is 5. The molecule has 3 heterocycles. The second-order valence-electron chi connectivity index (χ2n) is 9.28. The van der Waals surface area contributed by atoms with E-state index in [1.54, 1.807) is 0 Å². The molecule has 0 saturated carbocycles. The summed E-state index contributed by atoms with van der Waals surface area (Å²) in [5.41, 5.74) is 3.56. The second-order valence-corrected chi connectivity index (χ2v) is 9.28. The van der Waals surface area contributed by atoms with Crippen molar-refractivity contribution in [1.82, 2.24) is 4.98 Å². The van der Waals surface area contributed by atoms with Crippen LogP contribution in [0.5, 0.6) is 0 Å². The van der Waals surface area contributed by atoms with Crippen LogP contribution < -0.4 is 9.80 Å². The van der Waals surface area contributed by atoms with E-state index >= 15 is 0 Å². The molecule has 0 bridgehead atoms. The molecule has 1 unspecified atom stereocenters. The van der Waals surface area contributed by atoms with Gasteiger partial charge in [-0.2, -0.15) is 13.2 Å². The Morgan fingerprint density at radius 3 is 2.09 bits per heavy atom. The first-order valence-electron chi connectivity index (χ1n) is 11.2. The lowest BCUT2D eigenvalue weighted by Crippen LogP contribution is -2.46. The molecule has 170 valence electrons. The van der Waals surface area contributed by atoms with Crippen LogP contribution in [0.4, 0.5) is 36.1 Å². The highest BCUT2D eigenvalue weighted by Crippen LogP contribution is 2.60. The highest BCUT2D eigenvalue weighted by molar-refractivity contribution is 5.98. The summed E-state index contributed by atoms with van der Waals surface area (Å²) >= 11 is 0. The first-order valence-corrected chi connectivity index (χ1v) is 11.2. The maximum absolute atomic E-state index is 14.1. The summed E-state index contributed by atoms with van der Waals surface area (Å²) < 4.78 is 42.2. The van der Waals surface area contributed by atoms with Gasteiger partial charge in [-0.3, -0.25) is 0 Å². The fourth-order valence-corrected chi connectivity index (χ4v) is 5.38. The van der Waals surface area contributed by atoms with Crippen molar-refractivity contribution < 1.29 is 13.2 Å². The van der Waals surface area contributed by atoms with Crippen LogP contribution in [0.3, 0.4) is 0 Å². The number of hydrogen-bond donors (Lipinski definition) is 0. The van der Waals surface area contributed by atoms with Gasteiger partial charge in [-0.25, -0.2) is 4.98 Å². The average molecular weight is 457 g/mol. The lowest BCUT2D eigenvalue weighted by atomic mass is 9.83. The lowest BCUT2D eigenvalue weighted by Gasteiger charge is -2.37. The Bertz CT molecular complexity index is 1380. The van der Waals surface area contributed by atoms with Crippen LogP contribution in [-0.4, -0.2) is 11.1 Å². The van der Waals surface area contributed by atoms with Gasteiger partial charge in [0.2, 0.25) is 0 Å². The van der Waals surface area contributed by atoms with Gasteiger partial charge >= 0.3 is 6.18 Å². The molecule has 0 radical (unpaired) electrons. The molecule has 0 aliphatic carbocycles. The normalized spacial score (nSPS) is 18.0. The van der Waals surface area contributed by atoms with Crippen LogP contribution in [0.1, 0.15) is 25.1 Å². The Balaban J connectivity index is 1.73. The van der Waals surface area contributed by atoms with Crippen molar-refractivity contribution in [2.75, 3.05) is 9.80 Å². The molecule has 1 aromatic heterocycles. The third-order valence-electron chi connectivity index (χ3n) is 6.85. The van der Waals surface area contributed by atoms with Crippen LogP contribution in [0.15, 0.2) is 91.0 Å². The number of rotatable bonds is 2. The summed E-state index contributed by atoms with van der Waals surface area (Å²) in [5, 5.41) is 0. The van der Waals surface area contributed by atoms with Gasteiger partial charge in [-0.05, 0) is 35.4 Å². The minimum atomic E-state index is -4.57. The summed E-state index contributed by atoms with van der Waals surface area (Å²) in [7, 11) is 0. The van der Waals surface area contributed by atoms with Crippen LogP contribution >= 0.6 is 0 Å². The zero-order valence-electron chi connectivity index (χ0n) is 18.7. The molecule has 0 N–H and O–H groups in total. The summed E-state index contributed by atoms with van der Waals surface area (Å²) in [5.74, 6) is 0.334. The van der Waals surface area contributed by atoms with E-state index in [1.165, 1.54) is 6.07 Å². The van der Waals surface area contributed by atoms with Crippen molar-refractivity contribution >= 4 is 22.9 Å². The molecule has 0 fully saturated rings. The number of aromatic nitrogens is 1. The topological polar surface area (TPSA) is 19.4 Å². The Hall–Kier alpha value is -3.80. The van der Waals surface area contributed by atoms with E-state index in [0.29, 0.717) is 17.1 Å². The van der Waals surface area contributed by atoms with Crippen LogP contribution in [0.25, 0.3) is 11.1 Å². The standard InChI is InChI=1S/C28H22F3N3/c1-27(2)21-15-9-10-16-22(21)34-25-24(33(26(27)34)19-13-7-4-8-14-19)20(18-11-5-3-6-12-18)17-23(32-25)28(29,30)31/h3-17,26H,1-2H3. The van der Waals surface area contributed by atoms with E-state index in [0.717, 1.165) is 22.5 Å². The predicted octanol–water partition coefficient (Wildman–Crippen LogP) is 7.67. The Morgan fingerprint density at radius 2 is 1.41 bits per heavy atom. The first-order chi connectivity index (χ1) is 16.3. The van der Waals surface area contributed by atoms with Gasteiger partial charge in [0.25, 0.3) is 0 Å². The zero-order chi connectivity index (χ0) is 23.7. The summed E-state index contributed by atoms with van der Waals surface area (Å²) in [6, 6.07) is 28.2. The molecule has 2 aliphatic rings. The van der Waals surface area contributed by atoms with E-state index in [1.807, 2.05) is 83.8 Å². The SMILES string of the molecule is CC1(C)c2ccccc2N2c3nc(C(F)(F)F)cc(-c4ccccc4)c3N(c3ccccc3)C21. The van der Waals surface area contributed by atoms with E-state index < -0.39 is 11.9 Å². The number of hydrogen-bond acceptors (Lipinski definition) is 3. The maximum atomic E-state index is 14.1. The van der Waals surface area contributed by atoms with Crippen molar-refractivity contribution in [3.8, 4) is 11.1 Å². The summed E-state index contributed by atoms with van der Waals surface area (Å²) in [6.07, 6.45) is -4.83. The van der Waals surface area contributed by atoms with Crippen LogP contribution in [-0.2, 0) is 11.6 Å². The summed E-state index contributed by atoms with van der Waals surface area (Å²) in [6.45, 7) is 4.29. The molecule has 2 aliphatic heterocycles. The van der Waals surface area contributed by atoms with Gasteiger partial charge in [-0.15, -0.1) is 0 Å². The van der Waals surface area contributed by atoms with Crippen molar-refractivity contribution in [3.63, 3.8) is 0 Å². The smallest absolute Gasteiger partial charge is 0.315 e. The third-order valence-corrected chi connectivity index (χ3v) is 6.85. The van der Waals surface area contributed by atoms with E-state index in [2.05, 4.69) is 29.8 Å². The van der Waals surface area contributed by atoms with Crippen molar-refractivity contribution in [2.45, 2.75) is 31.6 Å². The predicted molar refractivity (Wildman–Crippen MR) is 129 cm³/mol. The minimum absolute atomic E-state index is 0.263. The third kappa shape index (κ3) is 2.87. The number of nitrogens with zero attached hydrogens (tertiary/aromatic N) is 3. The molecule has 0 amide bonds. The number of halogens is 3. The number of anilines is 4. The number of alkyl halides is 3. The highest BCUT2D eigenvalue weighted by Gasteiger charge is 2.55. The van der Waals surface area contributed by atoms with Gasteiger partial charge in [0.05, 0.1) is 5.69 Å². The molecule has 6 heteroatoms. The van der Waals surface area contributed by atoms with Gasteiger partial charge in [0, 0.05) is 22.4 Å². The number of pyridine rings is 1. The second kappa shape index (κ2) is 7.10. The van der Waals surface area contributed by atoms with Crippen LogP contribution in [0, 0.1) is 0 Å². The van der Waals surface area contributed by atoms with E-state index in [4.69, 9.17) is 0 Å². The Morgan fingerprint density at radius 1 is 0.794 bits per heavy atom. The number of para-hydroxylation sites is 2. The fourth-order valence-electron chi connectivity index (χ4n) is 5.38. The fraction of sp³-hybridized carbons (Fsp3) is 0.179. The molecule has 0 spiro atoms. The van der Waals surface area contributed by atoms with Crippen LogP contribution in [0.2, 0.25) is 0 Å². The monoisotopic (exact) mass is 457 g/mol. The molecular weight excluding hydrogens is 435 g/mol. The summed E-state index contributed by atoms with van der Waals surface area (Å²) in [4.78, 5) is 8.40. The zero-order valence-corrected chi connectivity index (χ0v) is 18.7. The Labute approximate surface area is 196 Å². The highest BCUT2D eigenvalue weighted by atomic mass is 19.4. The van der Waals surface area contributed by atoms with Gasteiger partial charge < -0.3 is 9.80 Å². The Kier molecular flexibility index (Phi) is 4.34. The quantitative estimate of drug-likeness (QED) is 0.308. The largest absolute Gasteiger partial charge is 0.433 e. The maximum Gasteiger partial charge on any atom is 0.433 e. The van der Waals surface area contributed by atoms with Crippen molar-refractivity contribution in [1.29, 1.82) is 0 Å². The van der Waals surface area contributed by atoms with Crippen molar-refractivity contribution in [3.05, 3.63) is 102 Å². The average Bonchev–Trinajstić information content (AvgIpc) is 3.30. The van der Waals surface area contributed by atoms with Gasteiger partial charge in [0.15, 0.2) is 5.82 Å². The molecule has 4 aromatic rings. The lowest BCUT2D eigenvalue weighted by molar-refractivity contribution is -0.141. The van der Waals surface area contributed by atoms with Crippen molar-refractivity contribution in [2.24, 2.45) is 0 Å². The molecule has 0 saturated heterocycles. The first kappa shape index (κ1) is 20.8. The van der Waals surface area contributed by atoms with E-state index in [9.17, 15) is 13.2 Å². The molecular formula is C28H22F3N3. The molecule has 6 rings (SSSR count). The molecule has 3 aromatic carbocycles. The van der Waals surface area contributed by atoms with Gasteiger partial charge in [-0.1, -0.05) is 80.6 Å². The molecule has 1 atom stereocenters. The minimum Gasteiger partial charge on any atom is -0.315 e. The molecule has 34 heavy (non-hydrogen) atoms. The van der Waals surface area contributed by atoms with E-state index in [-0.39, 0.29) is 11.6 Å². The van der Waals surface area contributed by atoms with Gasteiger partial charge in [0.1, 0.15) is 11.9 Å². The number of benzene rings is 3. The molecule has 3 nitrogen and oxygen atoms in total.